The zero-order valence-corrected chi connectivity index (χ0v) is 30.0. The maximum atomic E-state index is 14.8. The van der Waals surface area contributed by atoms with E-state index in [9.17, 15) is 9.59 Å². The van der Waals surface area contributed by atoms with Crippen LogP contribution in [0.2, 0.25) is 10.0 Å². The highest BCUT2D eigenvalue weighted by atomic mass is 35.5. The van der Waals surface area contributed by atoms with Crippen LogP contribution in [0.15, 0.2) is 71.7 Å². The molecule has 4 aromatic rings. The number of carbonyl (C=O) groups excluding carboxylic acids is 2. The summed E-state index contributed by atoms with van der Waals surface area (Å²) in [6.07, 6.45) is 6.31. The molecule has 1 fully saturated rings. The molecule has 1 saturated carbocycles. The smallest absolute Gasteiger partial charge is 0.275 e. The zero-order chi connectivity index (χ0) is 34.8. The maximum absolute atomic E-state index is 14.8. The Kier molecular flexibility index (Phi) is 10.2. The summed E-state index contributed by atoms with van der Waals surface area (Å²) in [5.74, 6) is 0.659. The van der Waals surface area contributed by atoms with E-state index in [1.54, 1.807) is 6.07 Å². The number of aromatic amines is 1. The molecule has 256 valence electrons. The lowest BCUT2D eigenvalue weighted by Crippen LogP contribution is -2.51. The molecule has 2 aliphatic rings. The van der Waals surface area contributed by atoms with E-state index in [-0.39, 0.29) is 29.8 Å². The SMILES string of the molecule is CCCC[C@H](c1ccc(C(=O)NCc2nn[nH]n2)cc1)N1C(=O)C(c2cccc(-c3cc(Cl)cc(Cl)c3)c2)=NC12CCC(C(C)(C)C)CC2. The van der Waals surface area contributed by atoms with Gasteiger partial charge in [-0.1, -0.05) is 99.3 Å². The second kappa shape index (κ2) is 14.4. The molecule has 0 unspecified atom stereocenters. The molecule has 1 aliphatic carbocycles. The first kappa shape index (κ1) is 34.8. The Labute approximate surface area is 297 Å². The molecule has 3 aromatic carbocycles. The van der Waals surface area contributed by atoms with Crippen molar-refractivity contribution in [1.82, 2.24) is 30.8 Å². The number of amides is 2. The third kappa shape index (κ3) is 7.58. The van der Waals surface area contributed by atoms with Crippen molar-refractivity contribution in [2.75, 3.05) is 0 Å². The van der Waals surface area contributed by atoms with Gasteiger partial charge in [-0.2, -0.15) is 5.21 Å². The van der Waals surface area contributed by atoms with E-state index in [4.69, 9.17) is 28.2 Å². The van der Waals surface area contributed by atoms with Crippen molar-refractivity contribution in [1.29, 1.82) is 0 Å². The van der Waals surface area contributed by atoms with Gasteiger partial charge in [0.05, 0.1) is 12.6 Å². The Morgan fingerprint density at radius 2 is 1.69 bits per heavy atom. The second-order valence-corrected chi connectivity index (χ2v) is 15.2. The molecule has 1 aromatic heterocycles. The van der Waals surface area contributed by atoms with Crippen LogP contribution in [0.3, 0.4) is 0 Å². The number of hydrogen-bond acceptors (Lipinski definition) is 6. The van der Waals surface area contributed by atoms with Crippen molar-refractivity contribution >= 4 is 40.7 Å². The van der Waals surface area contributed by atoms with E-state index in [0.717, 1.165) is 67.2 Å². The fourth-order valence-electron chi connectivity index (χ4n) is 7.32. The van der Waals surface area contributed by atoms with Gasteiger partial charge in [-0.05, 0) is 96.5 Å². The minimum atomic E-state index is -0.650. The third-order valence-corrected chi connectivity index (χ3v) is 10.5. The summed E-state index contributed by atoms with van der Waals surface area (Å²) in [7, 11) is 0. The predicted octanol–water partition coefficient (Wildman–Crippen LogP) is 8.60. The fraction of sp³-hybridized carbons (Fsp3) is 0.421. The molecule has 11 heteroatoms. The average molecular weight is 701 g/mol. The standard InChI is InChI=1S/C38H43Cl2N7O2/c1-5-6-10-32(24-11-13-25(14-12-24)35(48)41-23-33-43-45-46-44-33)47-36(49)34(42-38(47)17-15-29(16-18-38)37(2,3)4)27-9-7-8-26(19-27)28-20-30(39)22-31(40)21-28/h7-9,11-14,19-22,29,32H,5-6,10,15-18,23H2,1-4H3,(H,41,48)(H,43,44,45,46)/t29?,32-,38?/m1/s1. The zero-order valence-electron chi connectivity index (χ0n) is 28.5. The van der Waals surface area contributed by atoms with Crippen LogP contribution in [0.25, 0.3) is 11.1 Å². The van der Waals surface area contributed by atoms with E-state index in [2.05, 4.69) is 58.5 Å². The number of aromatic nitrogens is 4. The summed E-state index contributed by atoms with van der Waals surface area (Å²) in [4.78, 5) is 35.3. The lowest BCUT2D eigenvalue weighted by molar-refractivity contribution is -0.133. The van der Waals surface area contributed by atoms with Gasteiger partial charge in [-0.15, -0.1) is 10.2 Å². The largest absolute Gasteiger partial charge is 0.345 e. The van der Waals surface area contributed by atoms with Crippen LogP contribution in [0.4, 0.5) is 0 Å². The summed E-state index contributed by atoms with van der Waals surface area (Å²) in [5, 5.41) is 17.6. The average Bonchev–Trinajstić information content (AvgIpc) is 3.70. The first-order chi connectivity index (χ1) is 23.5. The van der Waals surface area contributed by atoms with Crippen LogP contribution in [0, 0.1) is 11.3 Å². The molecular weight excluding hydrogens is 657 g/mol. The number of aliphatic imine (C=N–C) groups is 1. The number of halogens is 2. The number of rotatable bonds is 10. The minimum Gasteiger partial charge on any atom is -0.345 e. The van der Waals surface area contributed by atoms with Crippen molar-refractivity contribution in [2.45, 2.75) is 90.9 Å². The maximum Gasteiger partial charge on any atom is 0.275 e. The number of carbonyl (C=O) groups is 2. The Morgan fingerprint density at radius 3 is 2.33 bits per heavy atom. The highest BCUT2D eigenvalue weighted by molar-refractivity contribution is 6.47. The van der Waals surface area contributed by atoms with Gasteiger partial charge in [0.1, 0.15) is 11.4 Å². The van der Waals surface area contributed by atoms with Crippen LogP contribution in [0.1, 0.15) is 106 Å². The first-order valence-corrected chi connectivity index (χ1v) is 17.8. The van der Waals surface area contributed by atoms with Crippen molar-refractivity contribution in [2.24, 2.45) is 16.3 Å². The quantitative estimate of drug-likeness (QED) is 0.172. The molecule has 1 atom stereocenters. The van der Waals surface area contributed by atoms with E-state index >= 15 is 0 Å². The number of tetrazole rings is 1. The lowest BCUT2D eigenvalue weighted by Gasteiger charge is -2.47. The number of nitrogens with one attached hydrogen (secondary N) is 2. The van der Waals surface area contributed by atoms with E-state index < -0.39 is 5.66 Å². The second-order valence-electron chi connectivity index (χ2n) is 14.3. The molecule has 9 nitrogen and oxygen atoms in total. The van der Waals surface area contributed by atoms with Crippen molar-refractivity contribution < 1.29 is 9.59 Å². The molecule has 2 heterocycles. The number of nitrogens with zero attached hydrogens (tertiary/aromatic N) is 5. The van der Waals surface area contributed by atoms with E-state index in [1.165, 1.54) is 0 Å². The first-order valence-electron chi connectivity index (χ1n) is 17.1. The summed E-state index contributed by atoms with van der Waals surface area (Å²) in [5.41, 5.74) is 4.10. The fourth-order valence-corrected chi connectivity index (χ4v) is 7.84. The van der Waals surface area contributed by atoms with Crippen LogP contribution in [0.5, 0.6) is 0 Å². The monoisotopic (exact) mass is 699 g/mol. The Hall–Kier alpha value is -4.08. The molecule has 0 radical (unpaired) electrons. The summed E-state index contributed by atoms with van der Waals surface area (Å²) in [6, 6.07) is 20.8. The molecular formula is C38H43Cl2N7O2. The molecule has 0 saturated heterocycles. The summed E-state index contributed by atoms with van der Waals surface area (Å²) < 4.78 is 0. The van der Waals surface area contributed by atoms with Gasteiger partial charge in [0.2, 0.25) is 0 Å². The number of unbranched alkanes of at least 4 members (excludes halogenated alkanes) is 1. The van der Waals surface area contributed by atoms with Crippen LogP contribution in [-0.2, 0) is 11.3 Å². The van der Waals surface area contributed by atoms with Crippen molar-refractivity contribution in [3.8, 4) is 11.1 Å². The molecule has 49 heavy (non-hydrogen) atoms. The van der Waals surface area contributed by atoms with Crippen molar-refractivity contribution in [3.63, 3.8) is 0 Å². The van der Waals surface area contributed by atoms with Crippen LogP contribution >= 0.6 is 23.2 Å². The molecule has 1 spiro atoms. The van der Waals surface area contributed by atoms with Crippen LogP contribution < -0.4 is 5.32 Å². The molecule has 2 amide bonds. The minimum absolute atomic E-state index is 0.0569. The van der Waals surface area contributed by atoms with Gasteiger partial charge in [-0.3, -0.25) is 14.6 Å². The Morgan fingerprint density at radius 1 is 1.00 bits per heavy atom. The normalized spacial score (nSPS) is 20.0. The number of benzene rings is 3. The molecule has 2 N–H and O–H groups in total. The summed E-state index contributed by atoms with van der Waals surface area (Å²) >= 11 is 12.7. The highest BCUT2D eigenvalue weighted by Crippen LogP contribution is 2.50. The lowest BCUT2D eigenvalue weighted by atomic mass is 9.69. The van der Waals surface area contributed by atoms with Gasteiger partial charge in [-0.25, -0.2) is 0 Å². The van der Waals surface area contributed by atoms with Gasteiger partial charge >= 0.3 is 0 Å². The van der Waals surface area contributed by atoms with Gasteiger partial charge in [0.15, 0.2) is 5.82 Å². The molecule has 6 rings (SSSR count). The van der Waals surface area contributed by atoms with Gasteiger partial charge in [0, 0.05) is 21.2 Å². The van der Waals surface area contributed by atoms with Crippen molar-refractivity contribution in [3.05, 3.63) is 99.3 Å². The van der Waals surface area contributed by atoms with E-state index in [1.807, 2.05) is 60.7 Å². The van der Waals surface area contributed by atoms with Crippen LogP contribution in [-0.4, -0.2) is 48.7 Å². The third-order valence-electron chi connectivity index (χ3n) is 10.0. The topological polar surface area (TPSA) is 116 Å². The summed E-state index contributed by atoms with van der Waals surface area (Å²) in [6.45, 7) is 9.25. The molecule has 1 aliphatic heterocycles. The Balaban J connectivity index is 1.35. The van der Waals surface area contributed by atoms with E-state index in [0.29, 0.717) is 33.1 Å². The van der Waals surface area contributed by atoms with Gasteiger partial charge < -0.3 is 10.2 Å². The van der Waals surface area contributed by atoms with Gasteiger partial charge in [0.25, 0.3) is 11.8 Å². The number of H-pyrrole nitrogens is 1. The number of hydrogen-bond donors (Lipinski definition) is 2. The highest BCUT2D eigenvalue weighted by Gasteiger charge is 2.52. The Bertz CT molecular complexity index is 1810. The predicted molar refractivity (Wildman–Crippen MR) is 193 cm³/mol. The molecule has 0 bridgehead atoms.